The Morgan fingerprint density at radius 1 is 1.32 bits per heavy atom. The standard InChI is InChI=1S/C16H22ClNO/c1-2-5-15-6-3-4-11-18(15)16(19)14-9-7-13(12-17)8-10-14/h7-10,15H,2-6,11-12H2,1H3. The summed E-state index contributed by atoms with van der Waals surface area (Å²) in [6.45, 7) is 3.09. The quantitative estimate of drug-likeness (QED) is 0.756. The van der Waals surface area contributed by atoms with Crippen molar-refractivity contribution in [2.45, 2.75) is 50.9 Å². The number of halogens is 1. The van der Waals surface area contributed by atoms with Gasteiger partial charge in [0.1, 0.15) is 0 Å². The van der Waals surface area contributed by atoms with Gasteiger partial charge in [-0.1, -0.05) is 25.5 Å². The third-order valence-electron chi connectivity index (χ3n) is 3.87. The fraction of sp³-hybridized carbons (Fsp3) is 0.562. The van der Waals surface area contributed by atoms with Crippen LogP contribution >= 0.6 is 11.6 Å². The molecular formula is C16H22ClNO. The van der Waals surface area contributed by atoms with Crippen molar-refractivity contribution in [1.29, 1.82) is 0 Å². The fourth-order valence-corrected chi connectivity index (χ4v) is 2.98. The number of carbonyl (C=O) groups is 1. The van der Waals surface area contributed by atoms with Crippen LogP contribution in [0, 0.1) is 0 Å². The number of rotatable bonds is 4. The first-order valence-electron chi connectivity index (χ1n) is 7.22. The first kappa shape index (κ1) is 14.4. The van der Waals surface area contributed by atoms with Crippen LogP contribution in [0.15, 0.2) is 24.3 Å². The number of nitrogens with zero attached hydrogens (tertiary/aromatic N) is 1. The van der Waals surface area contributed by atoms with Crippen molar-refractivity contribution in [3.05, 3.63) is 35.4 Å². The number of likely N-dealkylation sites (tertiary alicyclic amines) is 1. The Morgan fingerprint density at radius 2 is 2.05 bits per heavy atom. The minimum atomic E-state index is 0.180. The van der Waals surface area contributed by atoms with E-state index in [1.807, 2.05) is 24.3 Å². The molecule has 1 heterocycles. The van der Waals surface area contributed by atoms with E-state index in [4.69, 9.17) is 11.6 Å². The van der Waals surface area contributed by atoms with E-state index in [9.17, 15) is 4.79 Å². The van der Waals surface area contributed by atoms with Gasteiger partial charge in [-0.05, 0) is 43.4 Å². The van der Waals surface area contributed by atoms with E-state index < -0.39 is 0 Å². The average molecular weight is 280 g/mol. The molecule has 0 aliphatic carbocycles. The minimum absolute atomic E-state index is 0.180. The lowest BCUT2D eigenvalue weighted by Crippen LogP contribution is -2.43. The lowest BCUT2D eigenvalue weighted by molar-refractivity contribution is 0.0600. The molecule has 104 valence electrons. The molecule has 1 fully saturated rings. The van der Waals surface area contributed by atoms with Gasteiger partial charge in [-0.25, -0.2) is 0 Å². The molecule has 1 amide bonds. The summed E-state index contributed by atoms with van der Waals surface area (Å²) in [6, 6.07) is 8.12. The number of benzene rings is 1. The van der Waals surface area contributed by atoms with Gasteiger partial charge in [0, 0.05) is 24.0 Å². The van der Waals surface area contributed by atoms with Gasteiger partial charge < -0.3 is 4.90 Å². The molecule has 1 atom stereocenters. The van der Waals surface area contributed by atoms with Crippen molar-refractivity contribution in [2.75, 3.05) is 6.54 Å². The van der Waals surface area contributed by atoms with Gasteiger partial charge >= 0.3 is 0 Å². The van der Waals surface area contributed by atoms with E-state index in [-0.39, 0.29) is 5.91 Å². The highest BCUT2D eigenvalue weighted by molar-refractivity contribution is 6.17. The van der Waals surface area contributed by atoms with Crippen LogP contribution < -0.4 is 0 Å². The molecule has 0 spiro atoms. The summed E-state index contributed by atoms with van der Waals surface area (Å²) >= 11 is 5.78. The molecule has 0 N–H and O–H groups in total. The highest BCUT2D eigenvalue weighted by Crippen LogP contribution is 2.23. The van der Waals surface area contributed by atoms with Crippen molar-refractivity contribution < 1.29 is 4.79 Å². The maximum absolute atomic E-state index is 12.6. The lowest BCUT2D eigenvalue weighted by Gasteiger charge is -2.36. The van der Waals surface area contributed by atoms with Crippen LogP contribution in [-0.2, 0) is 5.88 Å². The Hall–Kier alpha value is -1.02. The van der Waals surface area contributed by atoms with Crippen LogP contribution in [0.1, 0.15) is 54.9 Å². The van der Waals surface area contributed by atoms with Crippen LogP contribution in [0.4, 0.5) is 0 Å². The molecule has 3 heteroatoms. The molecular weight excluding hydrogens is 258 g/mol. The summed E-state index contributed by atoms with van der Waals surface area (Å²) in [5.41, 5.74) is 1.85. The number of hydrogen-bond donors (Lipinski definition) is 0. The van der Waals surface area contributed by atoms with Gasteiger partial charge in [-0.3, -0.25) is 4.79 Å². The summed E-state index contributed by atoms with van der Waals surface area (Å²) in [5, 5.41) is 0. The normalized spacial score (nSPS) is 19.5. The Morgan fingerprint density at radius 3 is 2.68 bits per heavy atom. The van der Waals surface area contributed by atoms with Gasteiger partial charge in [0.05, 0.1) is 0 Å². The van der Waals surface area contributed by atoms with Gasteiger partial charge in [0.15, 0.2) is 0 Å². The molecule has 1 aliphatic rings. The SMILES string of the molecule is CCCC1CCCCN1C(=O)c1ccc(CCl)cc1. The second-order valence-electron chi connectivity index (χ2n) is 5.27. The Kier molecular flexibility index (Phi) is 5.26. The monoisotopic (exact) mass is 279 g/mol. The molecule has 1 aromatic carbocycles. The number of piperidine rings is 1. The van der Waals surface area contributed by atoms with Crippen molar-refractivity contribution in [3.63, 3.8) is 0 Å². The Bertz CT molecular complexity index is 413. The summed E-state index contributed by atoms with van der Waals surface area (Å²) in [6.07, 6.45) is 5.79. The first-order valence-corrected chi connectivity index (χ1v) is 7.75. The van der Waals surface area contributed by atoms with E-state index in [0.29, 0.717) is 11.9 Å². The van der Waals surface area contributed by atoms with Crippen molar-refractivity contribution >= 4 is 17.5 Å². The van der Waals surface area contributed by atoms with Gasteiger partial charge in [0.25, 0.3) is 5.91 Å². The zero-order valence-electron chi connectivity index (χ0n) is 11.6. The molecule has 0 aromatic heterocycles. The van der Waals surface area contributed by atoms with Gasteiger partial charge in [-0.2, -0.15) is 0 Å². The predicted octanol–water partition coefficient (Wildman–Crippen LogP) is 4.22. The molecule has 2 nitrogen and oxygen atoms in total. The highest BCUT2D eigenvalue weighted by atomic mass is 35.5. The van der Waals surface area contributed by atoms with Crippen molar-refractivity contribution in [2.24, 2.45) is 0 Å². The van der Waals surface area contributed by atoms with Crippen LogP contribution in [0.2, 0.25) is 0 Å². The zero-order valence-corrected chi connectivity index (χ0v) is 12.3. The molecule has 0 bridgehead atoms. The number of alkyl halides is 1. The van der Waals surface area contributed by atoms with E-state index in [1.165, 1.54) is 6.42 Å². The molecule has 0 radical (unpaired) electrons. The Labute approximate surface area is 120 Å². The maximum atomic E-state index is 12.6. The summed E-state index contributed by atoms with van der Waals surface area (Å²) in [5.74, 6) is 0.677. The number of amides is 1. The van der Waals surface area contributed by atoms with Crippen molar-refractivity contribution in [1.82, 2.24) is 4.90 Å². The zero-order chi connectivity index (χ0) is 13.7. The Balaban J connectivity index is 2.11. The fourth-order valence-electron chi connectivity index (χ4n) is 2.80. The molecule has 1 unspecified atom stereocenters. The van der Waals surface area contributed by atoms with E-state index in [2.05, 4.69) is 11.8 Å². The predicted molar refractivity (Wildman–Crippen MR) is 79.6 cm³/mol. The number of hydrogen-bond acceptors (Lipinski definition) is 1. The highest BCUT2D eigenvalue weighted by Gasteiger charge is 2.26. The first-order chi connectivity index (χ1) is 9.26. The molecule has 1 aliphatic heterocycles. The molecule has 1 aromatic rings. The second kappa shape index (κ2) is 6.95. The second-order valence-corrected chi connectivity index (χ2v) is 5.53. The molecule has 0 saturated carbocycles. The van der Waals surface area contributed by atoms with E-state index >= 15 is 0 Å². The van der Waals surface area contributed by atoms with E-state index in [1.54, 1.807) is 0 Å². The third-order valence-corrected chi connectivity index (χ3v) is 4.17. The van der Waals surface area contributed by atoms with Crippen LogP contribution in [0.5, 0.6) is 0 Å². The minimum Gasteiger partial charge on any atom is -0.336 e. The summed E-state index contributed by atoms with van der Waals surface area (Å²) in [7, 11) is 0. The van der Waals surface area contributed by atoms with E-state index in [0.717, 1.165) is 43.4 Å². The summed E-state index contributed by atoms with van der Waals surface area (Å²) < 4.78 is 0. The largest absolute Gasteiger partial charge is 0.336 e. The summed E-state index contributed by atoms with van der Waals surface area (Å²) in [4.78, 5) is 14.6. The third kappa shape index (κ3) is 3.50. The average Bonchev–Trinajstić information content (AvgIpc) is 2.47. The van der Waals surface area contributed by atoms with Gasteiger partial charge in [-0.15, -0.1) is 11.6 Å². The van der Waals surface area contributed by atoms with Crippen LogP contribution in [0.25, 0.3) is 0 Å². The topological polar surface area (TPSA) is 20.3 Å². The number of carbonyl (C=O) groups excluding carboxylic acids is 1. The van der Waals surface area contributed by atoms with Crippen molar-refractivity contribution in [3.8, 4) is 0 Å². The lowest BCUT2D eigenvalue weighted by atomic mass is 9.97. The maximum Gasteiger partial charge on any atom is 0.254 e. The molecule has 1 saturated heterocycles. The molecule has 2 rings (SSSR count). The smallest absolute Gasteiger partial charge is 0.254 e. The van der Waals surface area contributed by atoms with Crippen LogP contribution in [-0.4, -0.2) is 23.4 Å². The van der Waals surface area contributed by atoms with Gasteiger partial charge in [0.2, 0.25) is 0 Å². The molecule has 19 heavy (non-hydrogen) atoms. The van der Waals surface area contributed by atoms with Crippen LogP contribution in [0.3, 0.4) is 0 Å².